The monoisotopic (exact) mass is 338 g/mol. The molecule has 5 nitrogen and oxygen atoms in total. The van der Waals surface area contributed by atoms with Crippen LogP contribution in [0.5, 0.6) is 0 Å². The third-order valence-electron chi connectivity index (χ3n) is 6.13. The molecule has 1 saturated carbocycles. The fourth-order valence-electron chi connectivity index (χ4n) is 4.71. The van der Waals surface area contributed by atoms with Gasteiger partial charge in [-0.15, -0.1) is 0 Å². The summed E-state index contributed by atoms with van der Waals surface area (Å²) in [6.07, 6.45) is 3.34. The maximum Gasteiger partial charge on any atom is 0.306 e. The van der Waals surface area contributed by atoms with Crippen molar-refractivity contribution in [2.24, 2.45) is 17.3 Å². The van der Waals surface area contributed by atoms with Crippen molar-refractivity contribution in [1.82, 2.24) is 0 Å². The molecule has 1 aliphatic heterocycles. The lowest BCUT2D eigenvalue weighted by Gasteiger charge is -2.39. The van der Waals surface area contributed by atoms with Crippen molar-refractivity contribution in [3.05, 3.63) is 12.2 Å². The number of esters is 1. The van der Waals surface area contributed by atoms with E-state index in [2.05, 4.69) is 13.5 Å². The Hall–Kier alpha value is -1.36. The van der Waals surface area contributed by atoms with Crippen molar-refractivity contribution in [3.63, 3.8) is 0 Å². The smallest absolute Gasteiger partial charge is 0.306 e. The molecule has 4 atom stereocenters. The van der Waals surface area contributed by atoms with E-state index in [1.54, 1.807) is 0 Å². The van der Waals surface area contributed by atoms with Crippen LogP contribution in [0.15, 0.2) is 12.2 Å². The molecule has 2 fully saturated rings. The lowest BCUT2D eigenvalue weighted by molar-refractivity contribution is -0.159. The van der Waals surface area contributed by atoms with Gasteiger partial charge in [-0.2, -0.15) is 0 Å². The van der Waals surface area contributed by atoms with Crippen LogP contribution in [0.1, 0.15) is 65.7 Å². The molecule has 5 heteroatoms. The Bertz CT molecular complexity index is 524. The molecule has 1 heterocycles. The summed E-state index contributed by atoms with van der Waals surface area (Å²) in [5, 5.41) is 19.3. The molecule has 0 aromatic rings. The van der Waals surface area contributed by atoms with Gasteiger partial charge in [0, 0.05) is 18.8 Å². The van der Waals surface area contributed by atoms with E-state index in [-0.39, 0.29) is 17.8 Å². The molecule has 1 saturated heterocycles. The number of cyclic esters (lactones) is 1. The summed E-state index contributed by atoms with van der Waals surface area (Å²) in [7, 11) is 0. The Morgan fingerprint density at radius 3 is 2.58 bits per heavy atom. The highest BCUT2D eigenvalue weighted by Crippen LogP contribution is 2.56. The quantitative estimate of drug-likeness (QED) is 0.573. The molecule has 2 aliphatic rings. The first-order valence-electron chi connectivity index (χ1n) is 8.84. The first-order chi connectivity index (χ1) is 11.0. The third kappa shape index (κ3) is 4.00. The molecular formula is C19H30O5. The Balaban J connectivity index is 2.08. The maximum absolute atomic E-state index is 11.9. The van der Waals surface area contributed by atoms with Gasteiger partial charge in [-0.1, -0.05) is 13.5 Å². The Labute approximate surface area is 144 Å². The average Bonchev–Trinajstić information content (AvgIpc) is 2.72. The van der Waals surface area contributed by atoms with Gasteiger partial charge in [0.15, 0.2) is 0 Å². The van der Waals surface area contributed by atoms with Gasteiger partial charge in [-0.3, -0.25) is 9.59 Å². The average molecular weight is 338 g/mol. The van der Waals surface area contributed by atoms with Gasteiger partial charge in [0.1, 0.15) is 5.60 Å². The molecule has 0 aromatic carbocycles. The largest absolute Gasteiger partial charge is 0.481 e. The predicted octanol–water partition coefficient (Wildman–Crippen LogP) is 3.31. The summed E-state index contributed by atoms with van der Waals surface area (Å²) < 4.78 is 5.64. The van der Waals surface area contributed by atoms with E-state index >= 15 is 0 Å². The zero-order valence-corrected chi connectivity index (χ0v) is 15.0. The topological polar surface area (TPSA) is 83.8 Å². The number of aliphatic hydroxyl groups excluding tert-OH is 1. The second-order valence-corrected chi connectivity index (χ2v) is 8.29. The lowest BCUT2D eigenvalue weighted by atomic mass is 9.68. The Morgan fingerprint density at radius 2 is 1.96 bits per heavy atom. The molecule has 0 radical (unpaired) electrons. The van der Waals surface area contributed by atoms with Gasteiger partial charge in [-0.05, 0) is 62.9 Å². The van der Waals surface area contributed by atoms with E-state index in [1.165, 1.54) is 0 Å². The first kappa shape index (κ1) is 19.0. The van der Waals surface area contributed by atoms with Crippen LogP contribution in [0, 0.1) is 17.3 Å². The van der Waals surface area contributed by atoms with Gasteiger partial charge < -0.3 is 14.9 Å². The van der Waals surface area contributed by atoms with E-state index in [0.717, 1.165) is 19.3 Å². The molecule has 4 unspecified atom stereocenters. The summed E-state index contributed by atoms with van der Waals surface area (Å²) >= 11 is 0. The van der Waals surface area contributed by atoms with E-state index in [4.69, 9.17) is 9.84 Å². The zero-order chi connectivity index (χ0) is 18.1. The minimum absolute atomic E-state index is 0.00592. The summed E-state index contributed by atoms with van der Waals surface area (Å²) in [6.45, 7) is 10.0. The minimum Gasteiger partial charge on any atom is -0.481 e. The fourth-order valence-corrected chi connectivity index (χ4v) is 4.71. The van der Waals surface area contributed by atoms with Crippen molar-refractivity contribution >= 4 is 11.9 Å². The predicted molar refractivity (Wildman–Crippen MR) is 90.4 cm³/mol. The maximum atomic E-state index is 11.9. The summed E-state index contributed by atoms with van der Waals surface area (Å²) in [5.74, 6) is -0.394. The summed E-state index contributed by atoms with van der Waals surface area (Å²) in [6, 6.07) is 0. The normalized spacial score (nSPS) is 33.2. The third-order valence-corrected chi connectivity index (χ3v) is 6.13. The SMILES string of the molecule is C=C(CCC(=O)O)C(O)CC1(C)CCC2C1CCC(=O)OC2(C)C. The Morgan fingerprint density at radius 1 is 1.29 bits per heavy atom. The number of aliphatic hydroxyl groups is 1. The van der Waals surface area contributed by atoms with Crippen LogP contribution in [-0.2, 0) is 14.3 Å². The second kappa shape index (κ2) is 6.87. The number of aliphatic carboxylic acids is 1. The summed E-state index contributed by atoms with van der Waals surface area (Å²) in [5.41, 5.74) is 0.0326. The number of fused-ring (bicyclic) bond motifs is 1. The molecular weight excluding hydrogens is 308 g/mol. The molecule has 1 aliphatic carbocycles. The Kier molecular flexibility index (Phi) is 5.43. The lowest BCUT2D eigenvalue weighted by Crippen LogP contribution is -2.39. The zero-order valence-electron chi connectivity index (χ0n) is 15.0. The van der Waals surface area contributed by atoms with E-state index in [9.17, 15) is 14.7 Å². The van der Waals surface area contributed by atoms with E-state index in [0.29, 0.717) is 36.7 Å². The highest BCUT2D eigenvalue weighted by Gasteiger charge is 2.53. The minimum atomic E-state index is -0.878. The van der Waals surface area contributed by atoms with Crippen LogP contribution in [0.2, 0.25) is 0 Å². The highest BCUT2D eigenvalue weighted by atomic mass is 16.6. The molecule has 0 spiro atoms. The number of rotatable bonds is 6. The van der Waals surface area contributed by atoms with Crippen LogP contribution in [0.3, 0.4) is 0 Å². The van der Waals surface area contributed by atoms with Gasteiger partial charge in [0.05, 0.1) is 6.10 Å². The van der Waals surface area contributed by atoms with Crippen LogP contribution >= 0.6 is 0 Å². The van der Waals surface area contributed by atoms with Gasteiger partial charge in [0.25, 0.3) is 0 Å². The van der Waals surface area contributed by atoms with Crippen LogP contribution < -0.4 is 0 Å². The molecule has 24 heavy (non-hydrogen) atoms. The molecule has 0 amide bonds. The van der Waals surface area contributed by atoms with Crippen molar-refractivity contribution in [1.29, 1.82) is 0 Å². The number of carbonyl (C=O) groups is 2. The highest BCUT2D eigenvalue weighted by molar-refractivity contribution is 5.70. The van der Waals surface area contributed by atoms with Crippen LogP contribution in [0.4, 0.5) is 0 Å². The first-order valence-corrected chi connectivity index (χ1v) is 8.84. The van der Waals surface area contributed by atoms with Crippen molar-refractivity contribution < 1.29 is 24.5 Å². The van der Waals surface area contributed by atoms with Crippen LogP contribution in [-0.4, -0.2) is 33.9 Å². The molecule has 0 aromatic heterocycles. The standard InChI is InChI=1S/C19H30O5/c1-12(5-7-16(21)22)15(20)11-19(4)10-9-13-14(19)6-8-17(23)24-18(13,2)3/h13-15,20H,1,5-11H2,2-4H3,(H,21,22). The number of carboxylic acids is 1. The molecule has 136 valence electrons. The number of ether oxygens (including phenoxy) is 1. The number of hydrogen-bond donors (Lipinski definition) is 2. The van der Waals surface area contributed by atoms with Crippen molar-refractivity contribution in [3.8, 4) is 0 Å². The van der Waals surface area contributed by atoms with Crippen LogP contribution in [0.25, 0.3) is 0 Å². The molecule has 0 bridgehead atoms. The van der Waals surface area contributed by atoms with Gasteiger partial charge >= 0.3 is 11.9 Å². The van der Waals surface area contributed by atoms with Crippen molar-refractivity contribution in [2.45, 2.75) is 77.4 Å². The van der Waals surface area contributed by atoms with E-state index in [1.807, 2.05) is 13.8 Å². The number of hydrogen-bond acceptors (Lipinski definition) is 4. The number of carboxylic acid groups (broad SMARTS) is 1. The molecule has 2 rings (SSSR count). The molecule has 2 N–H and O–H groups in total. The van der Waals surface area contributed by atoms with Gasteiger partial charge in [0.2, 0.25) is 0 Å². The van der Waals surface area contributed by atoms with Crippen molar-refractivity contribution in [2.75, 3.05) is 0 Å². The van der Waals surface area contributed by atoms with Gasteiger partial charge in [-0.25, -0.2) is 0 Å². The van der Waals surface area contributed by atoms with E-state index < -0.39 is 17.7 Å². The second-order valence-electron chi connectivity index (χ2n) is 8.29. The fraction of sp³-hybridized carbons (Fsp3) is 0.789. The summed E-state index contributed by atoms with van der Waals surface area (Å²) in [4.78, 5) is 22.6. The number of carbonyl (C=O) groups excluding carboxylic acids is 1.